The first-order valence-corrected chi connectivity index (χ1v) is 4.89. The lowest BCUT2D eigenvalue weighted by Gasteiger charge is -2.24. The molecule has 1 aliphatic heterocycles. The van der Waals surface area contributed by atoms with Crippen molar-refractivity contribution in [1.29, 1.82) is 0 Å². The van der Waals surface area contributed by atoms with E-state index in [1.54, 1.807) is 13.8 Å². The van der Waals surface area contributed by atoms with Crippen molar-refractivity contribution >= 4 is 0 Å². The molecule has 2 heteroatoms. The molecular weight excluding hydrogens is 153 g/mol. The summed E-state index contributed by atoms with van der Waals surface area (Å²) >= 11 is 0. The summed E-state index contributed by atoms with van der Waals surface area (Å²) in [6.45, 7) is 8.54. The van der Waals surface area contributed by atoms with Crippen LogP contribution in [0.25, 0.3) is 0 Å². The van der Waals surface area contributed by atoms with E-state index in [-0.39, 0.29) is 0 Å². The summed E-state index contributed by atoms with van der Waals surface area (Å²) in [5.41, 5.74) is -1.01. The van der Waals surface area contributed by atoms with E-state index in [1.807, 2.05) is 0 Å². The summed E-state index contributed by atoms with van der Waals surface area (Å²) in [5.74, 6) is 2.71. The summed E-state index contributed by atoms with van der Waals surface area (Å²) in [6.07, 6.45) is 0. The number of hydrogen-bond acceptors (Lipinski definition) is 1. The van der Waals surface area contributed by atoms with Gasteiger partial charge in [-0.25, -0.2) is 4.39 Å². The second kappa shape index (κ2) is 2.44. The van der Waals surface area contributed by atoms with Crippen LogP contribution in [0, 0.1) is 17.8 Å². The average molecular weight is 171 g/mol. The molecule has 1 nitrogen and oxygen atoms in total. The number of likely N-dealkylation sites (tertiary alicyclic amines) is 1. The molecular formula is C10H18FN. The fourth-order valence-electron chi connectivity index (χ4n) is 2.57. The van der Waals surface area contributed by atoms with Gasteiger partial charge in [0.1, 0.15) is 5.67 Å². The van der Waals surface area contributed by atoms with Crippen LogP contribution in [0.15, 0.2) is 0 Å². The number of hydrogen-bond donors (Lipinski definition) is 0. The predicted molar refractivity (Wildman–Crippen MR) is 47.8 cm³/mol. The van der Waals surface area contributed by atoms with E-state index in [0.717, 1.165) is 30.8 Å². The zero-order chi connectivity index (χ0) is 8.93. The van der Waals surface area contributed by atoms with Crippen molar-refractivity contribution in [3.63, 3.8) is 0 Å². The Balaban J connectivity index is 1.80. The summed E-state index contributed by atoms with van der Waals surface area (Å²) in [7, 11) is 0. The van der Waals surface area contributed by atoms with Crippen LogP contribution < -0.4 is 0 Å². The molecule has 0 spiro atoms. The van der Waals surface area contributed by atoms with Gasteiger partial charge in [-0.1, -0.05) is 6.92 Å². The minimum atomic E-state index is -1.01. The van der Waals surface area contributed by atoms with Gasteiger partial charge in [0.05, 0.1) is 0 Å². The molecule has 0 aromatic carbocycles. The highest BCUT2D eigenvalue weighted by Crippen LogP contribution is 2.51. The van der Waals surface area contributed by atoms with Crippen molar-refractivity contribution < 1.29 is 4.39 Å². The Bertz CT molecular complexity index is 173. The van der Waals surface area contributed by atoms with Gasteiger partial charge in [-0.05, 0) is 31.6 Å². The number of fused-ring (bicyclic) bond motifs is 1. The highest BCUT2D eigenvalue weighted by atomic mass is 19.1. The fourth-order valence-corrected chi connectivity index (χ4v) is 2.57. The van der Waals surface area contributed by atoms with Crippen LogP contribution >= 0.6 is 0 Å². The summed E-state index contributed by atoms with van der Waals surface area (Å²) in [6, 6.07) is 0. The molecule has 0 aromatic rings. The minimum absolute atomic E-state index is 0.618. The standard InChI is InChI=1S/C10H18FN/c1-7-8-4-12(5-9(7)8)6-10(2,3)11/h7-9H,4-6H2,1-3H3/t7?,8-,9?/m0/s1. The summed E-state index contributed by atoms with van der Waals surface area (Å²) in [5, 5.41) is 0. The van der Waals surface area contributed by atoms with Crippen LogP contribution in [-0.4, -0.2) is 30.2 Å². The molecule has 0 bridgehead atoms. The van der Waals surface area contributed by atoms with Gasteiger partial charge in [-0.3, -0.25) is 4.90 Å². The predicted octanol–water partition coefficient (Wildman–Crippen LogP) is 1.93. The highest BCUT2D eigenvalue weighted by Gasteiger charge is 2.52. The van der Waals surface area contributed by atoms with Crippen molar-refractivity contribution in [2.75, 3.05) is 19.6 Å². The van der Waals surface area contributed by atoms with E-state index in [0.29, 0.717) is 6.54 Å². The minimum Gasteiger partial charge on any atom is -0.300 e. The molecule has 2 unspecified atom stereocenters. The SMILES string of the molecule is CC1C2CN(CC(C)(C)F)C[C@@H]12. The first-order chi connectivity index (χ1) is 5.47. The Kier molecular flexibility index (Phi) is 1.73. The van der Waals surface area contributed by atoms with Gasteiger partial charge in [0.2, 0.25) is 0 Å². The van der Waals surface area contributed by atoms with Gasteiger partial charge in [0, 0.05) is 19.6 Å². The highest BCUT2D eigenvalue weighted by molar-refractivity contribution is 5.03. The summed E-state index contributed by atoms with van der Waals surface area (Å²) < 4.78 is 13.2. The van der Waals surface area contributed by atoms with Crippen molar-refractivity contribution in [1.82, 2.24) is 4.90 Å². The maximum atomic E-state index is 13.2. The van der Waals surface area contributed by atoms with Crippen LogP contribution in [0.5, 0.6) is 0 Å². The van der Waals surface area contributed by atoms with Gasteiger partial charge in [0.15, 0.2) is 0 Å². The maximum Gasteiger partial charge on any atom is 0.118 e. The molecule has 0 amide bonds. The average Bonchev–Trinajstić information content (AvgIpc) is 2.42. The largest absolute Gasteiger partial charge is 0.300 e. The Morgan fingerprint density at radius 3 is 2.25 bits per heavy atom. The molecule has 2 aliphatic rings. The topological polar surface area (TPSA) is 3.24 Å². The third-order valence-electron chi connectivity index (χ3n) is 3.30. The molecule has 0 N–H and O–H groups in total. The molecule has 1 saturated carbocycles. The first-order valence-electron chi connectivity index (χ1n) is 4.89. The molecule has 70 valence electrons. The monoisotopic (exact) mass is 171 g/mol. The van der Waals surface area contributed by atoms with Crippen LogP contribution in [0.3, 0.4) is 0 Å². The van der Waals surface area contributed by atoms with E-state index in [1.165, 1.54) is 0 Å². The van der Waals surface area contributed by atoms with Crippen LogP contribution in [0.2, 0.25) is 0 Å². The Labute approximate surface area is 73.9 Å². The molecule has 0 radical (unpaired) electrons. The quantitative estimate of drug-likeness (QED) is 0.613. The zero-order valence-corrected chi connectivity index (χ0v) is 8.18. The lowest BCUT2D eigenvalue weighted by atomic mass is 10.1. The lowest BCUT2D eigenvalue weighted by Crippen LogP contribution is -2.35. The van der Waals surface area contributed by atoms with E-state index in [9.17, 15) is 4.39 Å². The molecule has 2 rings (SSSR count). The van der Waals surface area contributed by atoms with E-state index in [4.69, 9.17) is 0 Å². The number of halogens is 1. The van der Waals surface area contributed by atoms with E-state index in [2.05, 4.69) is 11.8 Å². The van der Waals surface area contributed by atoms with Crippen molar-refractivity contribution in [2.45, 2.75) is 26.4 Å². The molecule has 1 heterocycles. The second-order valence-corrected chi connectivity index (χ2v) is 5.10. The molecule has 1 aliphatic carbocycles. The van der Waals surface area contributed by atoms with Gasteiger partial charge in [-0.15, -0.1) is 0 Å². The van der Waals surface area contributed by atoms with E-state index < -0.39 is 5.67 Å². The van der Waals surface area contributed by atoms with Gasteiger partial charge in [-0.2, -0.15) is 0 Å². The van der Waals surface area contributed by atoms with Crippen LogP contribution in [0.1, 0.15) is 20.8 Å². The first kappa shape index (κ1) is 8.49. The van der Waals surface area contributed by atoms with Crippen LogP contribution in [0.4, 0.5) is 4.39 Å². The Hall–Kier alpha value is -0.110. The maximum absolute atomic E-state index is 13.2. The van der Waals surface area contributed by atoms with Gasteiger partial charge < -0.3 is 0 Å². The fraction of sp³-hybridized carbons (Fsp3) is 1.00. The number of alkyl halides is 1. The molecule has 2 fully saturated rings. The number of rotatable bonds is 2. The van der Waals surface area contributed by atoms with Crippen molar-refractivity contribution in [3.8, 4) is 0 Å². The molecule has 12 heavy (non-hydrogen) atoms. The molecule has 3 atom stereocenters. The third-order valence-corrected chi connectivity index (χ3v) is 3.30. The number of nitrogens with zero attached hydrogens (tertiary/aromatic N) is 1. The Morgan fingerprint density at radius 2 is 1.83 bits per heavy atom. The van der Waals surface area contributed by atoms with E-state index >= 15 is 0 Å². The molecule has 0 aromatic heterocycles. The third kappa shape index (κ3) is 1.49. The normalized spacial score (nSPS) is 41.5. The van der Waals surface area contributed by atoms with Gasteiger partial charge >= 0.3 is 0 Å². The number of piperidine rings is 1. The summed E-state index contributed by atoms with van der Waals surface area (Å²) in [4.78, 5) is 2.27. The Morgan fingerprint density at radius 1 is 1.33 bits per heavy atom. The van der Waals surface area contributed by atoms with Crippen molar-refractivity contribution in [2.24, 2.45) is 17.8 Å². The van der Waals surface area contributed by atoms with Crippen molar-refractivity contribution in [3.05, 3.63) is 0 Å². The lowest BCUT2D eigenvalue weighted by molar-refractivity contribution is 0.131. The smallest absolute Gasteiger partial charge is 0.118 e. The zero-order valence-electron chi connectivity index (χ0n) is 8.18. The second-order valence-electron chi connectivity index (χ2n) is 5.10. The molecule has 1 saturated heterocycles. The van der Waals surface area contributed by atoms with Gasteiger partial charge in [0.25, 0.3) is 0 Å². The van der Waals surface area contributed by atoms with Crippen LogP contribution in [-0.2, 0) is 0 Å².